The van der Waals surface area contributed by atoms with Crippen LogP contribution in [0.5, 0.6) is 0 Å². The van der Waals surface area contributed by atoms with E-state index in [0.717, 1.165) is 31.9 Å². The molecule has 1 saturated heterocycles. The van der Waals surface area contributed by atoms with Crippen LogP contribution in [0, 0.1) is 6.92 Å². The molecule has 2 aromatic carbocycles. The third kappa shape index (κ3) is 4.03. The number of carbonyl (C=O) groups is 1. The van der Waals surface area contributed by atoms with Gasteiger partial charge in [-0.25, -0.2) is 0 Å². The Bertz CT molecular complexity index is 649. The van der Waals surface area contributed by atoms with E-state index < -0.39 is 0 Å². The fourth-order valence-electron chi connectivity index (χ4n) is 2.90. The zero-order valence-electron chi connectivity index (χ0n) is 13.5. The summed E-state index contributed by atoms with van der Waals surface area (Å²) in [5.74, 6) is 0.166. The first-order valence-corrected chi connectivity index (χ1v) is 8.11. The van der Waals surface area contributed by atoms with Gasteiger partial charge in [-0.1, -0.05) is 30.3 Å². The zero-order chi connectivity index (χ0) is 16.1. The van der Waals surface area contributed by atoms with E-state index in [-0.39, 0.29) is 5.91 Å². The molecule has 1 aliphatic heterocycles. The largest absolute Gasteiger partial charge is 0.376 e. The predicted molar refractivity (Wildman–Crippen MR) is 94.9 cm³/mol. The molecule has 4 nitrogen and oxygen atoms in total. The molecular weight excluding hydrogens is 286 g/mol. The van der Waals surface area contributed by atoms with Crippen LogP contribution >= 0.6 is 0 Å². The summed E-state index contributed by atoms with van der Waals surface area (Å²) in [6, 6.07) is 18.5. The molecule has 0 aliphatic carbocycles. The lowest BCUT2D eigenvalue weighted by Gasteiger charge is -2.36. The van der Waals surface area contributed by atoms with Gasteiger partial charge in [0, 0.05) is 37.6 Å². The van der Waals surface area contributed by atoms with Crippen LogP contribution in [0.3, 0.4) is 0 Å². The maximum Gasteiger partial charge on any atom is 0.241 e. The summed E-state index contributed by atoms with van der Waals surface area (Å²) in [4.78, 5) is 16.6. The van der Waals surface area contributed by atoms with Gasteiger partial charge in [0.25, 0.3) is 0 Å². The van der Waals surface area contributed by atoms with Crippen molar-refractivity contribution in [2.75, 3.05) is 42.9 Å². The predicted octanol–water partition coefficient (Wildman–Crippen LogP) is 2.76. The Kier molecular flexibility index (Phi) is 4.81. The number of rotatable bonds is 4. The van der Waals surface area contributed by atoms with Crippen LogP contribution in [0.4, 0.5) is 11.4 Å². The molecule has 4 heteroatoms. The van der Waals surface area contributed by atoms with Crippen molar-refractivity contribution in [2.24, 2.45) is 0 Å². The van der Waals surface area contributed by atoms with Crippen LogP contribution in [-0.4, -0.2) is 43.5 Å². The number of anilines is 2. The number of nitrogens with one attached hydrogen (secondary N) is 1. The minimum absolute atomic E-state index is 0.166. The van der Waals surface area contributed by atoms with Gasteiger partial charge in [-0.2, -0.15) is 0 Å². The number of piperazine rings is 1. The van der Waals surface area contributed by atoms with Gasteiger partial charge in [0.05, 0.1) is 6.54 Å². The van der Waals surface area contributed by atoms with Crippen molar-refractivity contribution in [1.82, 2.24) is 4.90 Å². The van der Waals surface area contributed by atoms with Crippen molar-refractivity contribution in [3.05, 3.63) is 60.2 Å². The summed E-state index contributed by atoms with van der Waals surface area (Å²) >= 11 is 0. The first kappa shape index (κ1) is 15.4. The molecule has 3 rings (SSSR count). The van der Waals surface area contributed by atoms with Crippen LogP contribution in [-0.2, 0) is 4.79 Å². The van der Waals surface area contributed by atoms with Crippen LogP contribution in [0.15, 0.2) is 54.6 Å². The Morgan fingerprint density at radius 1 is 1.00 bits per heavy atom. The highest BCUT2D eigenvalue weighted by molar-refractivity contribution is 5.81. The van der Waals surface area contributed by atoms with Gasteiger partial charge in [-0.05, 0) is 36.8 Å². The molecule has 0 spiro atoms. The first-order valence-electron chi connectivity index (χ1n) is 8.11. The van der Waals surface area contributed by atoms with E-state index in [1.165, 1.54) is 11.3 Å². The van der Waals surface area contributed by atoms with E-state index in [9.17, 15) is 4.79 Å². The molecule has 1 amide bonds. The van der Waals surface area contributed by atoms with Crippen molar-refractivity contribution in [2.45, 2.75) is 6.92 Å². The lowest BCUT2D eigenvalue weighted by atomic mass is 10.2. The normalized spacial score (nSPS) is 14.7. The van der Waals surface area contributed by atoms with Crippen molar-refractivity contribution in [3.8, 4) is 0 Å². The second-order valence-electron chi connectivity index (χ2n) is 5.93. The lowest BCUT2D eigenvalue weighted by Crippen LogP contribution is -2.50. The maximum atomic E-state index is 12.3. The Hall–Kier alpha value is -2.49. The smallest absolute Gasteiger partial charge is 0.241 e. The van der Waals surface area contributed by atoms with Gasteiger partial charge in [0.15, 0.2) is 0 Å². The molecule has 120 valence electrons. The molecule has 0 aromatic heterocycles. The maximum absolute atomic E-state index is 12.3. The van der Waals surface area contributed by atoms with E-state index in [2.05, 4.69) is 53.5 Å². The summed E-state index contributed by atoms with van der Waals surface area (Å²) in [5, 5.41) is 3.22. The second kappa shape index (κ2) is 7.18. The molecule has 1 fully saturated rings. The number of benzene rings is 2. The highest BCUT2D eigenvalue weighted by Gasteiger charge is 2.20. The Labute approximate surface area is 137 Å². The molecule has 1 heterocycles. The summed E-state index contributed by atoms with van der Waals surface area (Å²) in [5.41, 5.74) is 3.43. The van der Waals surface area contributed by atoms with E-state index in [1.807, 2.05) is 23.1 Å². The fraction of sp³-hybridized carbons (Fsp3) is 0.316. The number of hydrogen-bond acceptors (Lipinski definition) is 3. The number of carbonyl (C=O) groups excluding carboxylic acids is 1. The Balaban J connectivity index is 1.48. The van der Waals surface area contributed by atoms with E-state index in [4.69, 9.17) is 0 Å². The summed E-state index contributed by atoms with van der Waals surface area (Å²) in [6.45, 7) is 5.75. The number of para-hydroxylation sites is 1. The summed E-state index contributed by atoms with van der Waals surface area (Å²) in [6.07, 6.45) is 0. The SMILES string of the molecule is Cc1cccc(NCC(=O)N2CCN(c3ccccc3)CC2)c1. The van der Waals surface area contributed by atoms with Gasteiger partial charge in [0.2, 0.25) is 5.91 Å². The van der Waals surface area contributed by atoms with E-state index in [1.54, 1.807) is 0 Å². The molecule has 23 heavy (non-hydrogen) atoms. The minimum Gasteiger partial charge on any atom is -0.376 e. The van der Waals surface area contributed by atoms with Gasteiger partial charge in [0.1, 0.15) is 0 Å². The first-order chi connectivity index (χ1) is 11.2. The van der Waals surface area contributed by atoms with Gasteiger partial charge in [-0.3, -0.25) is 4.79 Å². The van der Waals surface area contributed by atoms with E-state index >= 15 is 0 Å². The molecule has 1 aliphatic rings. The average Bonchev–Trinajstić information content (AvgIpc) is 2.61. The Morgan fingerprint density at radius 2 is 1.74 bits per heavy atom. The third-order valence-electron chi connectivity index (χ3n) is 4.22. The van der Waals surface area contributed by atoms with Gasteiger partial charge < -0.3 is 15.1 Å². The third-order valence-corrected chi connectivity index (χ3v) is 4.22. The van der Waals surface area contributed by atoms with Crippen molar-refractivity contribution in [3.63, 3.8) is 0 Å². The van der Waals surface area contributed by atoms with Crippen LogP contribution in [0.25, 0.3) is 0 Å². The summed E-state index contributed by atoms with van der Waals surface area (Å²) < 4.78 is 0. The van der Waals surface area contributed by atoms with Gasteiger partial charge in [-0.15, -0.1) is 0 Å². The van der Waals surface area contributed by atoms with Crippen molar-refractivity contribution >= 4 is 17.3 Å². The molecule has 0 atom stereocenters. The molecule has 0 radical (unpaired) electrons. The topological polar surface area (TPSA) is 35.6 Å². The van der Waals surface area contributed by atoms with Crippen LogP contribution in [0.1, 0.15) is 5.56 Å². The van der Waals surface area contributed by atoms with Crippen molar-refractivity contribution < 1.29 is 4.79 Å². The molecular formula is C19H23N3O. The van der Waals surface area contributed by atoms with Gasteiger partial charge >= 0.3 is 0 Å². The average molecular weight is 309 g/mol. The molecule has 2 aromatic rings. The molecule has 0 saturated carbocycles. The van der Waals surface area contributed by atoms with Crippen molar-refractivity contribution in [1.29, 1.82) is 0 Å². The van der Waals surface area contributed by atoms with Crippen LogP contribution in [0.2, 0.25) is 0 Å². The van der Waals surface area contributed by atoms with E-state index in [0.29, 0.717) is 6.54 Å². The highest BCUT2D eigenvalue weighted by Crippen LogP contribution is 2.15. The highest BCUT2D eigenvalue weighted by atomic mass is 16.2. The number of hydrogen-bond donors (Lipinski definition) is 1. The fourth-order valence-corrected chi connectivity index (χ4v) is 2.90. The lowest BCUT2D eigenvalue weighted by molar-refractivity contribution is -0.129. The number of aryl methyl sites for hydroxylation is 1. The monoisotopic (exact) mass is 309 g/mol. The molecule has 1 N–H and O–H groups in total. The second-order valence-corrected chi connectivity index (χ2v) is 5.93. The zero-order valence-corrected chi connectivity index (χ0v) is 13.5. The molecule has 0 bridgehead atoms. The summed E-state index contributed by atoms with van der Waals surface area (Å²) in [7, 11) is 0. The standard InChI is InChI=1S/C19H23N3O/c1-16-6-5-7-17(14-16)20-15-19(23)22-12-10-21(11-13-22)18-8-3-2-4-9-18/h2-9,14,20H,10-13,15H2,1H3. The molecule has 0 unspecified atom stereocenters. The number of amides is 1. The quantitative estimate of drug-likeness (QED) is 0.943. The number of nitrogens with zero attached hydrogens (tertiary/aromatic N) is 2. The minimum atomic E-state index is 0.166. The van der Waals surface area contributed by atoms with Crippen LogP contribution < -0.4 is 10.2 Å². The Morgan fingerprint density at radius 3 is 2.43 bits per heavy atom.